The Bertz CT molecular complexity index is 526. The molecule has 1 unspecified atom stereocenters. The lowest BCUT2D eigenvalue weighted by Crippen LogP contribution is -2.32. The van der Waals surface area contributed by atoms with Crippen LogP contribution < -0.4 is 0 Å². The van der Waals surface area contributed by atoms with Gasteiger partial charge >= 0.3 is 5.97 Å². The zero-order valence-electron chi connectivity index (χ0n) is 13.9. The molecule has 6 heteroatoms. The molecule has 0 saturated carbocycles. The average Bonchev–Trinajstić information content (AvgIpc) is 2.46. The van der Waals surface area contributed by atoms with E-state index in [1.54, 1.807) is 6.92 Å². The Hall–Kier alpha value is -2.11. The minimum atomic E-state index is -0.995. The summed E-state index contributed by atoms with van der Waals surface area (Å²) in [5.74, 6) is -0.336. The highest BCUT2D eigenvalue weighted by Crippen LogP contribution is 2.30. The number of carboxylic acid groups (broad SMARTS) is 1. The fourth-order valence-corrected chi connectivity index (χ4v) is 2.57. The number of hydrogen-bond donors (Lipinski definition) is 1. The predicted octanol–water partition coefficient (Wildman–Crippen LogP) is 3.61. The summed E-state index contributed by atoms with van der Waals surface area (Å²) in [7, 11) is 0. The molecule has 0 aliphatic carbocycles. The molecule has 0 radical (unpaired) electrons. The number of benzene rings is 1. The summed E-state index contributed by atoms with van der Waals surface area (Å²) < 4.78 is 0. The van der Waals surface area contributed by atoms with Crippen molar-refractivity contribution in [2.24, 2.45) is 5.92 Å². The summed E-state index contributed by atoms with van der Waals surface area (Å²) >= 11 is 0. The molecular formula is C17H25NO5. The van der Waals surface area contributed by atoms with Crippen molar-refractivity contribution in [2.75, 3.05) is 6.61 Å². The van der Waals surface area contributed by atoms with Crippen molar-refractivity contribution in [1.29, 1.82) is 0 Å². The number of rotatable bonds is 10. The quantitative estimate of drug-likeness (QED) is 0.403. The van der Waals surface area contributed by atoms with Crippen molar-refractivity contribution in [1.82, 2.24) is 0 Å². The molecule has 0 aromatic heterocycles. The first-order valence-electron chi connectivity index (χ1n) is 7.86. The Balaban J connectivity index is 2.71. The van der Waals surface area contributed by atoms with Crippen LogP contribution in [-0.4, -0.2) is 22.8 Å². The summed E-state index contributed by atoms with van der Waals surface area (Å²) in [5.41, 5.74) is 0.953. The van der Waals surface area contributed by atoms with Gasteiger partial charge < -0.3 is 9.94 Å². The van der Waals surface area contributed by atoms with Crippen LogP contribution in [-0.2, 0) is 21.5 Å². The summed E-state index contributed by atoms with van der Waals surface area (Å²) in [5, 5.41) is 18.9. The lowest BCUT2D eigenvalue weighted by molar-refractivity contribution is -0.757. The van der Waals surface area contributed by atoms with Crippen molar-refractivity contribution in [3.05, 3.63) is 45.5 Å². The molecule has 0 fully saturated rings. The van der Waals surface area contributed by atoms with Gasteiger partial charge in [-0.1, -0.05) is 44.5 Å². The van der Waals surface area contributed by atoms with E-state index in [-0.39, 0.29) is 6.61 Å². The standard InChI is InChI=1S/C17H25NO5/c1-13(2)12-14-6-8-15(9-7-14)17(3,16(19)20)10-4-5-11-23-18(21)22/h6-9,13H,4-5,10-12H2,1-3H3,(H,19,20). The molecule has 6 nitrogen and oxygen atoms in total. The van der Waals surface area contributed by atoms with Crippen LogP contribution in [0.4, 0.5) is 0 Å². The van der Waals surface area contributed by atoms with Crippen LogP contribution in [0.1, 0.15) is 51.2 Å². The molecule has 1 rings (SSSR count). The molecule has 0 spiro atoms. The molecule has 1 N–H and O–H groups in total. The third-order valence-corrected chi connectivity index (χ3v) is 3.97. The SMILES string of the molecule is CC(C)Cc1ccc(C(C)(CCCCO[N+](=O)[O-])C(=O)O)cc1. The Morgan fingerprint density at radius 1 is 1.30 bits per heavy atom. The van der Waals surface area contributed by atoms with Crippen molar-refractivity contribution in [3.63, 3.8) is 0 Å². The second-order valence-electron chi connectivity index (χ2n) is 6.45. The normalized spacial score (nSPS) is 13.6. The zero-order valence-corrected chi connectivity index (χ0v) is 13.9. The highest BCUT2D eigenvalue weighted by Gasteiger charge is 2.34. The Kier molecular flexibility index (Phi) is 7.00. The van der Waals surface area contributed by atoms with E-state index < -0.39 is 16.5 Å². The van der Waals surface area contributed by atoms with Crippen molar-refractivity contribution in [3.8, 4) is 0 Å². The van der Waals surface area contributed by atoms with Crippen LogP contribution in [0.5, 0.6) is 0 Å². The van der Waals surface area contributed by atoms with E-state index in [1.807, 2.05) is 24.3 Å². The summed E-state index contributed by atoms with van der Waals surface area (Å²) in [4.78, 5) is 26.1. The number of hydrogen-bond acceptors (Lipinski definition) is 4. The first kappa shape index (κ1) is 18.9. The molecule has 0 aliphatic rings. The van der Waals surface area contributed by atoms with Crippen LogP contribution in [0.2, 0.25) is 0 Å². The maximum atomic E-state index is 11.7. The minimum Gasteiger partial charge on any atom is -0.481 e. The van der Waals surface area contributed by atoms with Gasteiger partial charge in [0.05, 0.1) is 12.0 Å². The molecule has 23 heavy (non-hydrogen) atoms. The van der Waals surface area contributed by atoms with E-state index in [0.717, 1.165) is 12.0 Å². The second kappa shape index (κ2) is 8.50. The minimum absolute atomic E-state index is 0.00394. The van der Waals surface area contributed by atoms with Gasteiger partial charge in [0.1, 0.15) is 0 Å². The van der Waals surface area contributed by atoms with Crippen molar-refractivity contribution in [2.45, 2.75) is 51.9 Å². The van der Waals surface area contributed by atoms with E-state index in [1.165, 1.54) is 5.56 Å². The third kappa shape index (κ3) is 5.88. The second-order valence-corrected chi connectivity index (χ2v) is 6.45. The van der Waals surface area contributed by atoms with Gasteiger partial charge in [0.2, 0.25) is 0 Å². The van der Waals surface area contributed by atoms with Gasteiger partial charge in [-0.05, 0) is 43.2 Å². The van der Waals surface area contributed by atoms with Gasteiger partial charge in [-0.3, -0.25) is 4.79 Å². The van der Waals surface area contributed by atoms with E-state index in [2.05, 4.69) is 18.7 Å². The molecule has 0 bridgehead atoms. The van der Waals surface area contributed by atoms with Crippen LogP contribution >= 0.6 is 0 Å². The maximum absolute atomic E-state index is 11.7. The van der Waals surface area contributed by atoms with Crippen LogP contribution in [0.3, 0.4) is 0 Å². The lowest BCUT2D eigenvalue weighted by Gasteiger charge is -2.25. The fourth-order valence-electron chi connectivity index (χ4n) is 2.57. The lowest BCUT2D eigenvalue weighted by atomic mass is 9.78. The molecular weight excluding hydrogens is 298 g/mol. The number of unbranched alkanes of at least 4 members (excludes halogenated alkanes) is 1. The summed E-state index contributed by atoms with van der Waals surface area (Å²) in [6.07, 6.45) is 2.37. The molecule has 1 atom stereocenters. The molecule has 1 aromatic carbocycles. The van der Waals surface area contributed by atoms with Crippen molar-refractivity contribution >= 4 is 5.97 Å². The third-order valence-electron chi connectivity index (χ3n) is 3.97. The van der Waals surface area contributed by atoms with Gasteiger partial charge in [0.25, 0.3) is 5.09 Å². The Labute approximate surface area is 136 Å². The number of carboxylic acids is 1. The van der Waals surface area contributed by atoms with Crippen molar-refractivity contribution < 1.29 is 19.8 Å². The molecule has 128 valence electrons. The monoisotopic (exact) mass is 323 g/mol. The Morgan fingerprint density at radius 3 is 2.39 bits per heavy atom. The van der Waals surface area contributed by atoms with Gasteiger partial charge in [0.15, 0.2) is 0 Å². The van der Waals surface area contributed by atoms with Gasteiger partial charge in [0, 0.05) is 0 Å². The van der Waals surface area contributed by atoms with Crippen LogP contribution in [0.25, 0.3) is 0 Å². The summed E-state index contributed by atoms with van der Waals surface area (Å²) in [6.45, 7) is 5.97. The predicted molar refractivity (Wildman–Crippen MR) is 86.8 cm³/mol. The fraction of sp³-hybridized carbons (Fsp3) is 0.588. The zero-order chi connectivity index (χ0) is 17.5. The summed E-state index contributed by atoms with van der Waals surface area (Å²) in [6, 6.07) is 7.71. The number of carbonyl (C=O) groups is 1. The van der Waals surface area contributed by atoms with Gasteiger partial charge in [-0.25, -0.2) is 0 Å². The highest BCUT2D eigenvalue weighted by molar-refractivity contribution is 5.80. The highest BCUT2D eigenvalue weighted by atomic mass is 16.9. The van der Waals surface area contributed by atoms with Crippen LogP contribution in [0, 0.1) is 16.0 Å². The number of aliphatic carboxylic acids is 1. The molecule has 0 amide bonds. The molecule has 0 saturated heterocycles. The smallest absolute Gasteiger partial charge is 0.313 e. The Morgan fingerprint density at radius 2 is 1.91 bits per heavy atom. The van der Waals surface area contributed by atoms with Crippen LogP contribution in [0.15, 0.2) is 24.3 Å². The van der Waals surface area contributed by atoms with Gasteiger partial charge in [-0.15, -0.1) is 10.1 Å². The first-order chi connectivity index (χ1) is 10.8. The largest absolute Gasteiger partial charge is 0.481 e. The topological polar surface area (TPSA) is 89.7 Å². The number of nitrogens with zero attached hydrogens (tertiary/aromatic N) is 1. The maximum Gasteiger partial charge on any atom is 0.313 e. The molecule has 0 heterocycles. The first-order valence-corrected chi connectivity index (χ1v) is 7.86. The average molecular weight is 323 g/mol. The van der Waals surface area contributed by atoms with Gasteiger partial charge in [-0.2, -0.15) is 0 Å². The van der Waals surface area contributed by atoms with E-state index in [9.17, 15) is 20.0 Å². The molecule has 0 aliphatic heterocycles. The van der Waals surface area contributed by atoms with E-state index in [0.29, 0.717) is 25.2 Å². The van der Waals surface area contributed by atoms with E-state index in [4.69, 9.17) is 0 Å². The van der Waals surface area contributed by atoms with E-state index >= 15 is 0 Å². The molecule has 1 aromatic rings.